The monoisotopic (exact) mass is 557 g/mol. The number of halogens is 1. The van der Waals surface area contributed by atoms with Crippen molar-refractivity contribution in [1.29, 1.82) is 0 Å². The predicted molar refractivity (Wildman–Crippen MR) is 167 cm³/mol. The maximum Gasteiger partial charge on any atom is 0.274 e. The highest BCUT2D eigenvalue weighted by atomic mass is 35.5. The van der Waals surface area contributed by atoms with Gasteiger partial charge in [-0.2, -0.15) is 0 Å². The third-order valence-corrected chi connectivity index (χ3v) is 8.59. The van der Waals surface area contributed by atoms with Gasteiger partial charge in [-0.05, 0) is 84.6 Å². The van der Waals surface area contributed by atoms with E-state index in [4.69, 9.17) is 16.6 Å². The largest absolute Gasteiger partial charge is 0.309 e. The molecule has 0 N–H and O–H groups in total. The average molecular weight is 558 g/mol. The number of nitrogens with zero attached hydrogens (tertiary/aromatic N) is 3. The van der Waals surface area contributed by atoms with Crippen molar-refractivity contribution in [2.24, 2.45) is 0 Å². The van der Waals surface area contributed by atoms with Gasteiger partial charge >= 0.3 is 0 Å². The second kappa shape index (κ2) is 9.63. The van der Waals surface area contributed by atoms with E-state index in [0.29, 0.717) is 14.5 Å². The summed E-state index contributed by atoms with van der Waals surface area (Å²) in [7, 11) is 0. The van der Waals surface area contributed by atoms with Gasteiger partial charge in [0.05, 0.1) is 27.0 Å². The summed E-state index contributed by atoms with van der Waals surface area (Å²) in [5.41, 5.74) is 10.1. The lowest BCUT2D eigenvalue weighted by atomic mass is 10.1. The molecule has 4 aromatic carbocycles. The zero-order chi connectivity index (χ0) is 27.4. The fraction of sp³-hybridized carbons (Fsp3) is 0.0588. The minimum atomic E-state index is -0.0507. The fourth-order valence-electron chi connectivity index (χ4n) is 5.27. The number of aromatic nitrogens is 3. The second-order valence-corrected chi connectivity index (χ2v) is 11.4. The standard InChI is InChI=1S/C34H24ClN3OS/c1-21-17-28-30(18-22(21)2)38-33(39)31(40-34(38)36-28)20-25-19-29(23-9-5-3-6-10-23)37(27-15-13-26(35)14-16-27)32(25)24-11-7-4-8-12-24/h3-20H,1-2H3/b31-20+. The minimum Gasteiger partial charge on any atom is -0.309 e. The highest BCUT2D eigenvalue weighted by Crippen LogP contribution is 2.37. The molecule has 0 aliphatic carbocycles. The van der Waals surface area contributed by atoms with Crippen LogP contribution in [0, 0.1) is 13.8 Å². The van der Waals surface area contributed by atoms with Gasteiger partial charge in [0.2, 0.25) is 0 Å². The maximum absolute atomic E-state index is 13.8. The van der Waals surface area contributed by atoms with Gasteiger partial charge in [0.25, 0.3) is 5.56 Å². The van der Waals surface area contributed by atoms with Crippen molar-refractivity contribution in [2.75, 3.05) is 0 Å². The molecule has 0 aliphatic heterocycles. The summed E-state index contributed by atoms with van der Waals surface area (Å²) in [6, 6.07) is 34.7. The Morgan fingerprint density at radius 1 is 0.800 bits per heavy atom. The Labute approximate surface area is 240 Å². The first kappa shape index (κ1) is 24.6. The fourth-order valence-corrected chi connectivity index (χ4v) is 6.37. The summed E-state index contributed by atoms with van der Waals surface area (Å²) >= 11 is 7.70. The van der Waals surface area contributed by atoms with Crippen LogP contribution in [0.5, 0.6) is 0 Å². The van der Waals surface area contributed by atoms with E-state index in [9.17, 15) is 4.79 Å². The molecule has 4 nitrogen and oxygen atoms in total. The first-order chi connectivity index (χ1) is 19.5. The van der Waals surface area contributed by atoms with Gasteiger partial charge in [-0.15, -0.1) is 0 Å². The number of benzene rings is 4. The predicted octanol–water partition coefficient (Wildman–Crippen LogP) is 7.85. The van der Waals surface area contributed by atoms with E-state index in [-0.39, 0.29) is 5.56 Å². The van der Waals surface area contributed by atoms with Gasteiger partial charge in [-0.3, -0.25) is 4.79 Å². The maximum atomic E-state index is 13.8. The van der Waals surface area contributed by atoms with Crippen LogP contribution >= 0.6 is 22.9 Å². The number of thiazole rings is 1. The highest BCUT2D eigenvalue weighted by Gasteiger charge is 2.20. The number of imidazole rings is 1. The number of aryl methyl sites for hydroxylation is 2. The van der Waals surface area contributed by atoms with Crippen molar-refractivity contribution in [3.63, 3.8) is 0 Å². The molecule has 7 rings (SSSR count). The van der Waals surface area contributed by atoms with E-state index in [1.54, 1.807) is 4.40 Å². The molecule has 3 aromatic heterocycles. The van der Waals surface area contributed by atoms with Gasteiger partial charge in [-0.25, -0.2) is 9.38 Å². The molecule has 3 heterocycles. The molecule has 194 valence electrons. The molecule has 0 aliphatic rings. The van der Waals surface area contributed by atoms with E-state index in [2.05, 4.69) is 60.9 Å². The summed E-state index contributed by atoms with van der Waals surface area (Å²) in [6.07, 6.45) is 2.01. The topological polar surface area (TPSA) is 39.3 Å². The first-order valence-electron chi connectivity index (χ1n) is 13.0. The smallest absolute Gasteiger partial charge is 0.274 e. The third-order valence-electron chi connectivity index (χ3n) is 7.37. The van der Waals surface area contributed by atoms with Crippen molar-refractivity contribution in [1.82, 2.24) is 14.0 Å². The Kier molecular flexibility index (Phi) is 5.92. The molecule has 40 heavy (non-hydrogen) atoms. The highest BCUT2D eigenvalue weighted by molar-refractivity contribution is 7.15. The van der Waals surface area contributed by atoms with E-state index in [0.717, 1.165) is 50.4 Å². The van der Waals surface area contributed by atoms with E-state index in [1.165, 1.54) is 16.9 Å². The molecular weight excluding hydrogens is 534 g/mol. The molecular formula is C34H24ClN3OS. The van der Waals surface area contributed by atoms with E-state index in [1.807, 2.05) is 66.7 Å². The summed E-state index contributed by atoms with van der Waals surface area (Å²) in [5, 5.41) is 0.681. The van der Waals surface area contributed by atoms with Crippen LogP contribution < -0.4 is 10.1 Å². The van der Waals surface area contributed by atoms with Crippen LogP contribution in [0.2, 0.25) is 5.02 Å². The van der Waals surface area contributed by atoms with E-state index >= 15 is 0 Å². The molecule has 6 heteroatoms. The van der Waals surface area contributed by atoms with Crippen molar-refractivity contribution < 1.29 is 0 Å². The molecule has 0 unspecified atom stereocenters. The molecule has 0 fully saturated rings. The zero-order valence-corrected chi connectivity index (χ0v) is 23.5. The zero-order valence-electron chi connectivity index (χ0n) is 21.9. The lowest BCUT2D eigenvalue weighted by molar-refractivity contribution is 1.09. The molecule has 0 radical (unpaired) electrons. The first-order valence-corrected chi connectivity index (χ1v) is 14.2. The molecule has 0 saturated carbocycles. The van der Waals surface area contributed by atoms with Crippen LogP contribution in [0.3, 0.4) is 0 Å². The lowest BCUT2D eigenvalue weighted by Crippen LogP contribution is -2.22. The Balaban J connectivity index is 1.55. The van der Waals surface area contributed by atoms with Gasteiger partial charge in [-0.1, -0.05) is 83.6 Å². The van der Waals surface area contributed by atoms with Crippen LogP contribution in [0.1, 0.15) is 16.7 Å². The Morgan fingerprint density at radius 2 is 1.45 bits per heavy atom. The van der Waals surface area contributed by atoms with Gasteiger partial charge in [0.1, 0.15) is 0 Å². The van der Waals surface area contributed by atoms with Gasteiger partial charge in [0.15, 0.2) is 4.96 Å². The Hall–Kier alpha value is -4.45. The van der Waals surface area contributed by atoms with E-state index < -0.39 is 0 Å². The van der Waals surface area contributed by atoms with Crippen LogP contribution in [-0.4, -0.2) is 14.0 Å². The van der Waals surface area contributed by atoms with Crippen molar-refractivity contribution in [3.8, 4) is 28.2 Å². The lowest BCUT2D eigenvalue weighted by Gasteiger charge is -2.15. The molecule has 0 amide bonds. The van der Waals surface area contributed by atoms with Crippen LogP contribution in [-0.2, 0) is 0 Å². The Bertz CT molecular complexity index is 2140. The number of fused-ring (bicyclic) bond motifs is 3. The summed E-state index contributed by atoms with van der Waals surface area (Å²) < 4.78 is 4.64. The molecule has 0 atom stereocenters. The van der Waals surface area contributed by atoms with Gasteiger partial charge in [0, 0.05) is 16.3 Å². The van der Waals surface area contributed by atoms with Crippen LogP contribution in [0.15, 0.2) is 108 Å². The van der Waals surface area contributed by atoms with Crippen molar-refractivity contribution in [3.05, 3.63) is 140 Å². The summed E-state index contributed by atoms with van der Waals surface area (Å²) in [4.78, 5) is 19.3. The Morgan fingerprint density at radius 3 is 2.15 bits per heavy atom. The average Bonchev–Trinajstić information content (AvgIpc) is 3.61. The van der Waals surface area contributed by atoms with Crippen molar-refractivity contribution in [2.45, 2.75) is 13.8 Å². The number of rotatable bonds is 4. The van der Waals surface area contributed by atoms with Crippen molar-refractivity contribution >= 4 is 45.0 Å². The van der Waals surface area contributed by atoms with Gasteiger partial charge < -0.3 is 4.57 Å². The van der Waals surface area contributed by atoms with Crippen LogP contribution in [0.25, 0.3) is 50.3 Å². The molecule has 0 bridgehead atoms. The normalized spacial score (nSPS) is 12.1. The summed E-state index contributed by atoms with van der Waals surface area (Å²) in [6.45, 7) is 4.13. The quantitative estimate of drug-likeness (QED) is 0.221. The molecule has 0 spiro atoms. The summed E-state index contributed by atoms with van der Waals surface area (Å²) in [5.74, 6) is 0. The number of hydrogen-bond donors (Lipinski definition) is 0. The molecule has 7 aromatic rings. The minimum absolute atomic E-state index is 0.0507. The number of hydrogen-bond acceptors (Lipinski definition) is 3. The van der Waals surface area contributed by atoms with Crippen LogP contribution in [0.4, 0.5) is 0 Å². The SMILES string of the molecule is Cc1cc2nc3s/c(=C/c4cc(-c5ccccc5)n(-c5ccc(Cl)cc5)c4-c4ccccc4)c(=O)n3c2cc1C. The molecule has 0 saturated heterocycles. The second-order valence-electron chi connectivity index (χ2n) is 9.95. The third kappa shape index (κ3) is 4.06.